The van der Waals surface area contributed by atoms with Crippen molar-refractivity contribution in [3.8, 4) is 0 Å². The average molecular weight is 309 g/mol. The van der Waals surface area contributed by atoms with Gasteiger partial charge in [-0.15, -0.1) is 0 Å². The van der Waals surface area contributed by atoms with Crippen LogP contribution in [-0.4, -0.2) is 0 Å². The summed E-state index contributed by atoms with van der Waals surface area (Å²) in [5.74, 6) is -0.267. The molecule has 0 amide bonds. The van der Waals surface area contributed by atoms with Gasteiger partial charge >= 0.3 is 0 Å². The van der Waals surface area contributed by atoms with Gasteiger partial charge < -0.3 is 11.1 Å². The first-order valence-corrected chi connectivity index (χ1v) is 6.36. The third kappa shape index (κ3) is 2.48. The van der Waals surface area contributed by atoms with Crippen LogP contribution in [0.3, 0.4) is 0 Å². The summed E-state index contributed by atoms with van der Waals surface area (Å²) in [7, 11) is 0. The maximum atomic E-state index is 13.7. The Morgan fingerprint density at radius 3 is 2.56 bits per heavy atom. The number of nitrogens with one attached hydrogen (secondary N) is 1. The Balaban J connectivity index is 2.43. The van der Waals surface area contributed by atoms with Gasteiger partial charge in [0.05, 0.1) is 11.4 Å². The standard InChI is InChI=1S/C14H14BrFN2/c1-8-4-3-5-11(16)14(8)18-13-6-9(2)12(17)7-10(13)15/h3-7,18H,17H2,1-2H3. The number of aryl methyl sites for hydroxylation is 2. The second kappa shape index (κ2) is 4.98. The number of nitrogens with two attached hydrogens (primary N) is 1. The van der Waals surface area contributed by atoms with E-state index in [2.05, 4.69) is 21.2 Å². The molecule has 2 aromatic rings. The molecule has 0 unspecified atom stereocenters. The minimum atomic E-state index is -0.267. The summed E-state index contributed by atoms with van der Waals surface area (Å²) in [6, 6.07) is 8.70. The molecule has 2 rings (SSSR count). The Bertz CT molecular complexity index is 576. The second-order valence-corrected chi connectivity index (χ2v) is 5.10. The summed E-state index contributed by atoms with van der Waals surface area (Å²) in [6.07, 6.45) is 0. The summed E-state index contributed by atoms with van der Waals surface area (Å²) >= 11 is 3.42. The first-order chi connectivity index (χ1) is 8.49. The van der Waals surface area contributed by atoms with Crippen LogP contribution in [0.2, 0.25) is 0 Å². The molecule has 0 radical (unpaired) electrons. The molecule has 0 aliphatic heterocycles. The van der Waals surface area contributed by atoms with Gasteiger partial charge in [-0.3, -0.25) is 0 Å². The number of rotatable bonds is 2. The zero-order valence-electron chi connectivity index (χ0n) is 10.2. The first kappa shape index (κ1) is 12.9. The van der Waals surface area contributed by atoms with Gasteiger partial charge in [-0.1, -0.05) is 12.1 Å². The fraction of sp³-hybridized carbons (Fsp3) is 0.143. The first-order valence-electron chi connectivity index (χ1n) is 5.57. The van der Waals surface area contributed by atoms with Crippen molar-refractivity contribution < 1.29 is 4.39 Å². The van der Waals surface area contributed by atoms with Crippen LogP contribution in [-0.2, 0) is 0 Å². The fourth-order valence-corrected chi connectivity index (χ4v) is 2.18. The molecule has 18 heavy (non-hydrogen) atoms. The smallest absolute Gasteiger partial charge is 0.146 e. The monoisotopic (exact) mass is 308 g/mol. The van der Waals surface area contributed by atoms with E-state index in [1.54, 1.807) is 6.07 Å². The normalized spacial score (nSPS) is 10.4. The van der Waals surface area contributed by atoms with Crippen LogP contribution in [0.15, 0.2) is 34.8 Å². The zero-order chi connectivity index (χ0) is 13.3. The summed E-state index contributed by atoms with van der Waals surface area (Å²) in [5.41, 5.74) is 9.62. The molecule has 0 atom stereocenters. The maximum absolute atomic E-state index is 13.7. The van der Waals surface area contributed by atoms with E-state index >= 15 is 0 Å². The van der Waals surface area contributed by atoms with Gasteiger partial charge in [0, 0.05) is 10.2 Å². The topological polar surface area (TPSA) is 38.0 Å². The number of hydrogen-bond acceptors (Lipinski definition) is 2. The molecule has 0 fully saturated rings. The Morgan fingerprint density at radius 2 is 1.89 bits per heavy atom. The Morgan fingerprint density at radius 1 is 1.17 bits per heavy atom. The van der Waals surface area contributed by atoms with Crippen molar-refractivity contribution in [2.75, 3.05) is 11.1 Å². The van der Waals surface area contributed by atoms with E-state index in [1.165, 1.54) is 6.07 Å². The lowest BCUT2D eigenvalue weighted by Crippen LogP contribution is -1.99. The summed E-state index contributed by atoms with van der Waals surface area (Å²) in [4.78, 5) is 0. The van der Waals surface area contributed by atoms with E-state index in [-0.39, 0.29) is 5.82 Å². The quantitative estimate of drug-likeness (QED) is 0.800. The highest BCUT2D eigenvalue weighted by atomic mass is 79.9. The predicted molar refractivity (Wildman–Crippen MR) is 77.7 cm³/mol. The third-order valence-corrected chi connectivity index (χ3v) is 3.49. The summed E-state index contributed by atoms with van der Waals surface area (Å²) in [5, 5.41) is 3.10. The number of nitrogen functional groups attached to an aromatic ring is 1. The average Bonchev–Trinajstić information content (AvgIpc) is 2.30. The van der Waals surface area contributed by atoms with E-state index < -0.39 is 0 Å². The predicted octanol–water partition coefficient (Wildman–Crippen LogP) is 4.53. The Hall–Kier alpha value is -1.55. The van der Waals surface area contributed by atoms with Crippen LogP contribution in [0.25, 0.3) is 0 Å². The minimum absolute atomic E-state index is 0.267. The van der Waals surface area contributed by atoms with Crippen molar-refractivity contribution in [1.29, 1.82) is 0 Å². The fourth-order valence-electron chi connectivity index (χ4n) is 1.72. The lowest BCUT2D eigenvalue weighted by Gasteiger charge is -2.13. The van der Waals surface area contributed by atoms with Crippen LogP contribution in [0, 0.1) is 19.7 Å². The molecule has 0 aliphatic rings. The zero-order valence-corrected chi connectivity index (χ0v) is 11.8. The minimum Gasteiger partial charge on any atom is -0.398 e. The van der Waals surface area contributed by atoms with Gasteiger partial charge in [-0.25, -0.2) is 4.39 Å². The van der Waals surface area contributed by atoms with Gasteiger partial charge in [0.15, 0.2) is 0 Å². The molecule has 2 aromatic carbocycles. The molecule has 0 saturated carbocycles. The van der Waals surface area contributed by atoms with E-state index in [9.17, 15) is 4.39 Å². The Kier molecular flexibility index (Phi) is 3.57. The SMILES string of the molecule is Cc1cc(Nc2c(C)cccc2F)c(Br)cc1N. The van der Waals surface area contributed by atoms with Crippen molar-refractivity contribution in [3.05, 3.63) is 51.7 Å². The van der Waals surface area contributed by atoms with Crippen molar-refractivity contribution >= 4 is 33.0 Å². The van der Waals surface area contributed by atoms with Gasteiger partial charge in [0.25, 0.3) is 0 Å². The molecule has 0 bridgehead atoms. The summed E-state index contributed by atoms with van der Waals surface area (Å²) < 4.78 is 14.6. The molecule has 2 nitrogen and oxygen atoms in total. The molecular weight excluding hydrogens is 295 g/mol. The van der Waals surface area contributed by atoms with Gasteiger partial charge in [-0.2, -0.15) is 0 Å². The molecule has 0 aliphatic carbocycles. The maximum Gasteiger partial charge on any atom is 0.146 e. The van der Waals surface area contributed by atoms with E-state index in [4.69, 9.17) is 5.73 Å². The number of halogens is 2. The van der Waals surface area contributed by atoms with Crippen molar-refractivity contribution in [2.24, 2.45) is 0 Å². The molecule has 0 saturated heterocycles. The highest BCUT2D eigenvalue weighted by Crippen LogP contribution is 2.32. The van der Waals surface area contributed by atoms with Crippen LogP contribution in [0.5, 0.6) is 0 Å². The number of benzene rings is 2. The van der Waals surface area contributed by atoms with E-state index in [0.29, 0.717) is 11.4 Å². The highest BCUT2D eigenvalue weighted by molar-refractivity contribution is 9.10. The van der Waals surface area contributed by atoms with Crippen LogP contribution in [0.1, 0.15) is 11.1 Å². The van der Waals surface area contributed by atoms with Gasteiger partial charge in [0.1, 0.15) is 5.82 Å². The van der Waals surface area contributed by atoms with Crippen molar-refractivity contribution in [1.82, 2.24) is 0 Å². The number of para-hydroxylation sites is 1. The van der Waals surface area contributed by atoms with Crippen LogP contribution < -0.4 is 11.1 Å². The highest BCUT2D eigenvalue weighted by Gasteiger charge is 2.09. The van der Waals surface area contributed by atoms with Crippen molar-refractivity contribution in [2.45, 2.75) is 13.8 Å². The molecule has 0 spiro atoms. The molecule has 0 heterocycles. The lowest BCUT2D eigenvalue weighted by molar-refractivity contribution is 0.631. The van der Waals surface area contributed by atoms with Crippen LogP contribution in [0.4, 0.5) is 21.5 Å². The summed E-state index contributed by atoms with van der Waals surface area (Å²) in [6.45, 7) is 3.78. The third-order valence-electron chi connectivity index (χ3n) is 2.84. The largest absolute Gasteiger partial charge is 0.398 e. The van der Waals surface area contributed by atoms with E-state index in [1.807, 2.05) is 32.0 Å². The number of anilines is 3. The molecular formula is C14H14BrFN2. The van der Waals surface area contributed by atoms with Gasteiger partial charge in [-0.05, 0) is 59.1 Å². The van der Waals surface area contributed by atoms with Crippen LogP contribution >= 0.6 is 15.9 Å². The van der Waals surface area contributed by atoms with Crippen molar-refractivity contribution in [3.63, 3.8) is 0 Å². The lowest BCUT2D eigenvalue weighted by atomic mass is 10.1. The number of hydrogen-bond donors (Lipinski definition) is 2. The second-order valence-electron chi connectivity index (χ2n) is 4.25. The van der Waals surface area contributed by atoms with E-state index in [0.717, 1.165) is 21.3 Å². The molecule has 3 N–H and O–H groups in total. The molecule has 0 aromatic heterocycles. The molecule has 94 valence electrons. The molecule has 4 heteroatoms. The Labute approximate surface area is 114 Å². The van der Waals surface area contributed by atoms with Gasteiger partial charge in [0.2, 0.25) is 0 Å².